The Kier molecular flexibility index (Phi) is 3.01. The van der Waals surface area contributed by atoms with E-state index in [-0.39, 0.29) is 0 Å². The van der Waals surface area contributed by atoms with Gasteiger partial charge in [-0.2, -0.15) is 0 Å². The Morgan fingerprint density at radius 1 is 1.08 bits per heavy atom. The van der Waals surface area contributed by atoms with E-state index in [1.165, 1.54) is 0 Å². The van der Waals surface area contributed by atoms with Gasteiger partial charge in [0.2, 0.25) is 0 Å². The van der Waals surface area contributed by atoms with E-state index < -0.39 is 0 Å². The second-order valence-electron chi connectivity index (χ2n) is 6.36. The molecule has 0 radical (unpaired) electrons. The molecule has 1 atom stereocenters. The first-order valence-electron chi connectivity index (χ1n) is 8.37. The predicted octanol–water partition coefficient (Wildman–Crippen LogP) is 2.99. The number of hydrogen-bond acceptors (Lipinski definition) is 4. The van der Waals surface area contributed by atoms with Crippen LogP contribution in [0.5, 0.6) is 0 Å². The van der Waals surface area contributed by atoms with E-state index in [1.54, 1.807) is 0 Å². The Balaban J connectivity index is 1.47. The second kappa shape index (κ2) is 5.33. The lowest BCUT2D eigenvalue weighted by molar-refractivity contribution is 0.486. The fraction of sp³-hybridized carbons (Fsp3) is 0.278. The van der Waals surface area contributed by atoms with Crippen molar-refractivity contribution in [3.8, 4) is 0 Å². The number of aromatic nitrogens is 5. The molecule has 5 heterocycles. The molecule has 5 rings (SSSR count). The number of rotatable bonds is 2. The van der Waals surface area contributed by atoms with E-state index in [2.05, 4.69) is 36.6 Å². The van der Waals surface area contributed by atoms with Crippen molar-refractivity contribution in [3.63, 3.8) is 0 Å². The van der Waals surface area contributed by atoms with Gasteiger partial charge in [-0.3, -0.25) is 4.40 Å². The molecule has 1 aliphatic heterocycles. The largest absolute Gasteiger partial charge is 0.356 e. The van der Waals surface area contributed by atoms with Gasteiger partial charge in [0.05, 0.1) is 0 Å². The van der Waals surface area contributed by atoms with Crippen LogP contribution in [-0.2, 0) is 0 Å². The molecular formula is C18H18N6. The Labute approximate surface area is 139 Å². The summed E-state index contributed by atoms with van der Waals surface area (Å²) in [5.41, 5.74) is 1.86. The van der Waals surface area contributed by atoms with Crippen molar-refractivity contribution < 1.29 is 0 Å². The van der Waals surface area contributed by atoms with Crippen molar-refractivity contribution in [1.82, 2.24) is 24.6 Å². The van der Waals surface area contributed by atoms with Crippen molar-refractivity contribution in [1.29, 1.82) is 0 Å². The van der Waals surface area contributed by atoms with Crippen LogP contribution in [0, 0.1) is 0 Å². The fourth-order valence-electron chi connectivity index (χ4n) is 3.63. The van der Waals surface area contributed by atoms with E-state index in [4.69, 9.17) is 4.98 Å². The van der Waals surface area contributed by atoms with Crippen molar-refractivity contribution >= 4 is 22.5 Å². The average Bonchev–Trinajstić information content (AvgIpc) is 3.28. The zero-order valence-corrected chi connectivity index (χ0v) is 13.3. The summed E-state index contributed by atoms with van der Waals surface area (Å²) in [5, 5.41) is 9.90. The summed E-state index contributed by atoms with van der Waals surface area (Å²) in [6, 6.07) is 12.3. The summed E-state index contributed by atoms with van der Waals surface area (Å²) in [7, 11) is 0. The molecule has 6 nitrogen and oxygen atoms in total. The number of aromatic amines is 1. The van der Waals surface area contributed by atoms with E-state index in [1.807, 2.05) is 36.7 Å². The predicted molar refractivity (Wildman–Crippen MR) is 93.3 cm³/mol. The number of piperidine rings is 1. The first kappa shape index (κ1) is 13.5. The summed E-state index contributed by atoms with van der Waals surface area (Å²) < 4.78 is 2.11. The molecule has 1 fully saturated rings. The Morgan fingerprint density at radius 2 is 2.08 bits per heavy atom. The first-order valence-corrected chi connectivity index (χ1v) is 8.37. The summed E-state index contributed by atoms with van der Waals surface area (Å²) in [4.78, 5) is 10.3. The normalized spacial score (nSPS) is 18.5. The number of nitrogens with one attached hydrogen (secondary N) is 1. The topological polar surface area (TPSA) is 62.1 Å². The van der Waals surface area contributed by atoms with Gasteiger partial charge in [0.15, 0.2) is 5.65 Å². The zero-order valence-electron chi connectivity index (χ0n) is 13.3. The molecule has 4 aromatic heterocycles. The molecular weight excluding hydrogens is 300 g/mol. The lowest BCUT2D eigenvalue weighted by Crippen LogP contribution is -2.35. The molecule has 1 aliphatic rings. The van der Waals surface area contributed by atoms with Gasteiger partial charge in [-0.25, -0.2) is 4.98 Å². The molecule has 4 aromatic rings. The van der Waals surface area contributed by atoms with Crippen LogP contribution in [0.1, 0.15) is 24.6 Å². The third-order valence-electron chi connectivity index (χ3n) is 4.85. The summed E-state index contributed by atoms with van der Waals surface area (Å²) in [5.74, 6) is 2.46. The molecule has 1 N–H and O–H groups in total. The number of fused-ring (bicyclic) bond motifs is 2. The van der Waals surface area contributed by atoms with Crippen LogP contribution in [0.2, 0.25) is 0 Å². The lowest BCUT2D eigenvalue weighted by atomic mass is 9.97. The second-order valence-corrected chi connectivity index (χ2v) is 6.36. The summed E-state index contributed by atoms with van der Waals surface area (Å²) >= 11 is 0. The number of anilines is 1. The van der Waals surface area contributed by atoms with Gasteiger partial charge in [0.1, 0.15) is 17.3 Å². The van der Waals surface area contributed by atoms with Crippen LogP contribution in [0.25, 0.3) is 16.7 Å². The molecule has 0 bridgehead atoms. The highest BCUT2D eigenvalue weighted by Gasteiger charge is 2.26. The van der Waals surface area contributed by atoms with Crippen LogP contribution >= 0.6 is 0 Å². The van der Waals surface area contributed by atoms with Gasteiger partial charge in [-0.1, -0.05) is 6.07 Å². The average molecular weight is 318 g/mol. The first-order chi connectivity index (χ1) is 11.9. The minimum absolute atomic E-state index is 0.372. The maximum Gasteiger partial charge on any atom is 0.160 e. The van der Waals surface area contributed by atoms with Crippen LogP contribution in [-0.4, -0.2) is 37.7 Å². The minimum Gasteiger partial charge on any atom is -0.356 e. The lowest BCUT2D eigenvalue weighted by Gasteiger charge is -2.32. The molecule has 0 saturated carbocycles. The third kappa shape index (κ3) is 2.14. The number of hydrogen-bond donors (Lipinski definition) is 1. The summed E-state index contributed by atoms with van der Waals surface area (Å²) in [6.07, 6.45) is 6.25. The Bertz CT molecular complexity index is 1000. The standard InChI is InChI=1S/C18H18N6/c1-2-11-24-16(5-1)21-22-18(24)14-4-3-10-23(12-14)15-7-6-13-8-9-19-17(13)20-15/h1-2,5-9,11,14H,3-4,10,12H2,(H,19,20). The zero-order chi connectivity index (χ0) is 15.9. The molecule has 24 heavy (non-hydrogen) atoms. The number of H-pyrrole nitrogens is 1. The van der Waals surface area contributed by atoms with Crippen molar-refractivity contribution in [3.05, 3.63) is 54.6 Å². The highest BCUT2D eigenvalue weighted by atomic mass is 15.3. The third-order valence-corrected chi connectivity index (χ3v) is 4.85. The van der Waals surface area contributed by atoms with Crippen LogP contribution in [0.4, 0.5) is 5.82 Å². The fourth-order valence-corrected chi connectivity index (χ4v) is 3.63. The molecule has 0 aromatic carbocycles. The van der Waals surface area contributed by atoms with Gasteiger partial charge in [-0.15, -0.1) is 10.2 Å². The molecule has 0 aliphatic carbocycles. The van der Waals surface area contributed by atoms with Gasteiger partial charge in [-0.05, 0) is 43.2 Å². The number of pyridine rings is 2. The van der Waals surface area contributed by atoms with Gasteiger partial charge in [0, 0.05) is 36.8 Å². The van der Waals surface area contributed by atoms with E-state index in [0.29, 0.717) is 5.92 Å². The van der Waals surface area contributed by atoms with Crippen LogP contribution < -0.4 is 4.90 Å². The van der Waals surface area contributed by atoms with Gasteiger partial charge in [0.25, 0.3) is 0 Å². The molecule has 0 spiro atoms. The van der Waals surface area contributed by atoms with Gasteiger partial charge >= 0.3 is 0 Å². The monoisotopic (exact) mass is 318 g/mol. The van der Waals surface area contributed by atoms with Crippen molar-refractivity contribution in [2.45, 2.75) is 18.8 Å². The Hall–Kier alpha value is -2.89. The molecule has 120 valence electrons. The van der Waals surface area contributed by atoms with E-state index in [0.717, 1.165) is 54.3 Å². The molecule has 1 unspecified atom stereocenters. The highest BCUT2D eigenvalue weighted by molar-refractivity contribution is 5.77. The van der Waals surface area contributed by atoms with Crippen LogP contribution in [0.3, 0.4) is 0 Å². The maximum atomic E-state index is 4.76. The molecule has 1 saturated heterocycles. The van der Waals surface area contributed by atoms with E-state index >= 15 is 0 Å². The molecule has 6 heteroatoms. The number of nitrogens with zero attached hydrogens (tertiary/aromatic N) is 5. The van der Waals surface area contributed by atoms with Gasteiger partial charge < -0.3 is 9.88 Å². The SMILES string of the molecule is c1ccn2c(C3CCCN(c4ccc5cc[nH]c5n4)C3)nnc2c1. The smallest absolute Gasteiger partial charge is 0.160 e. The molecule has 0 amide bonds. The van der Waals surface area contributed by atoms with Crippen molar-refractivity contribution in [2.24, 2.45) is 0 Å². The van der Waals surface area contributed by atoms with Crippen LogP contribution in [0.15, 0.2) is 48.8 Å². The Morgan fingerprint density at radius 3 is 3.08 bits per heavy atom. The maximum absolute atomic E-state index is 4.76. The van der Waals surface area contributed by atoms with Crippen molar-refractivity contribution in [2.75, 3.05) is 18.0 Å². The minimum atomic E-state index is 0.372. The highest BCUT2D eigenvalue weighted by Crippen LogP contribution is 2.29. The van der Waals surface area contributed by atoms with E-state index in [9.17, 15) is 0 Å². The summed E-state index contributed by atoms with van der Waals surface area (Å²) in [6.45, 7) is 1.96. The quantitative estimate of drug-likeness (QED) is 0.617.